The fraction of sp³-hybridized carbons (Fsp3) is 1.00. The molecule has 0 spiro atoms. The minimum atomic E-state index is -2.27. The summed E-state index contributed by atoms with van der Waals surface area (Å²) in [6, 6.07) is 0. The van der Waals surface area contributed by atoms with Crippen LogP contribution in [0, 0.1) is 11.3 Å². The number of alkyl halides is 2. The fourth-order valence-corrected chi connectivity index (χ4v) is 2.79. The summed E-state index contributed by atoms with van der Waals surface area (Å²) in [5.74, 6) is 0.0486. The highest BCUT2D eigenvalue weighted by atomic mass is 19.3. The van der Waals surface area contributed by atoms with Gasteiger partial charge in [-0.1, -0.05) is 20.8 Å². The predicted octanol–water partition coefficient (Wildman–Crippen LogP) is 2.67. The average Bonchev–Trinajstić information content (AvgIpc) is 2.21. The molecule has 0 amide bonds. The molecule has 1 saturated carbocycles. The van der Waals surface area contributed by atoms with Crippen molar-refractivity contribution in [2.45, 2.75) is 45.6 Å². The molecule has 1 aliphatic rings. The van der Waals surface area contributed by atoms with Crippen LogP contribution in [-0.2, 0) is 0 Å². The van der Waals surface area contributed by atoms with Crippen LogP contribution in [0.2, 0.25) is 0 Å². The van der Waals surface area contributed by atoms with E-state index in [1.807, 2.05) is 6.92 Å². The summed E-state index contributed by atoms with van der Waals surface area (Å²) in [5.41, 5.74) is -0.914. The van der Waals surface area contributed by atoms with Crippen LogP contribution in [0.5, 0.6) is 0 Å². The molecule has 1 rings (SSSR count). The third-order valence-electron chi connectivity index (χ3n) is 3.36. The predicted molar refractivity (Wildman–Crippen MR) is 50.0 cm³/mol. The van der Waals surface area contributed by atoms with Gasteiger partial charge in [0, 0.05) is 0 Å². The van der Waals surface area contributed by atoms with Crippen molar-refractivity contribution in [3.63, 3.8) is 0 Å². The van der Waals surface area contributed by atoms with E-state index in [1.165, 1.54) is 0 Å². The van der Waals surface area contributed by atoms with Gasteiger partial charge in [-0.3, -0.25) is 0 Å². The lowest BCUT2D eigenvalue weighted by molar-refractivity contribution is 0.0116. The van der Waals surface area contributed by atoms with Gasteiger partial charge in [0.1, 0.15) is 0 Å². The molecule has 1 nitrogen and oxygen atoms in total. The Hall–Kier alpha value is -0.180. The number of halogens is 2. The minimum absolute atomic E-state index is 0.0405. The van der Waals surface area contributed by atoms with Crippen LogP contribution in [0.1, 0.15) is 33.6 Å². The zero-order chi connectivity index (χ0) is 10.3. The van der Waals surface area contributed by atoms with Crippen LogP contribution < -0.4 is 5.32 Å². The average molecular weight is 191 g/mol. The maximum absolute atomic E-state index is 12.9. The van der Waals surface area contributed by atoms with Gasteiger partial charge in [0.25, 0.3) is 6.43 Å². The monoisotopic (exact) mass is 191 g/mol. The van der Waals surface area contributed by atoms with E-state index in [0.29, 0.717) is 6.42 Å². The number of hydrogen-bond donors (Lipinski definition) is 1. The standard InChI is InChI=1S/C10H19F2N/c1-7-5-9(2,3)6-10(7,13-4)8(11)12/h7-8,13H,5-6H2,1-4H3. The molecule has 1 fully saturated rings. The minimum Gasteiger partial charge on any atom is -0.309 e. The topological polar surface area (TPSA) is 12.0 Å². The van der Waals surface area contributed by atoms with Crippen molar-refractivity contribution in [1.29, 1.82) is 0 Å². The van der Waals surface area contributed by atoms with Crippen molar-refractivity contribution in [1.82, 2.24) is 5.32 Å². The molecule has 13 heavy (non-hydrogen) atoms. The number of nitrogens with one attached hydrogen (secondary N) is 1. The van der Waals surface area contributed by atoms with Crippen molar-refractivity contribution in [3.05, 3.63) is 0 Å². The molecule has 1 aliphatic carbocycles. The summed E-state index contributed by atoms with van der Waals surface area (Å²) in [6.45, 7) is 6.04. The first-order valence-corrected chi connectivity index (χ1v) is 4.81. The van der Waals surface area contributed by atoms with Crippen molar-refractivity contribution >= 4 is 0 Å². The summed E-state index contributed by atoms with van der Waals surface area (Å²) in [6.07, 6.45) is -0.831. The first-order chi connectivity index (χ1) is 5.84. The number of rotatable bonds is 2. The molecular formula is C10H19F2N. The molecular weight excluding hydrogens is 172 g/mol. The van der Waals surface area contributed by atoms with Crippen molar-refractivity contribution in [3.8, 4) is 0 Å². The number of hydrogen-bond acceptors (Lipinski definition) is 1. The Labute approximate surface area is 78.9 Å². The SMILES string of the molecule is CNC1(C(F)F)CC(C)(C)CC1C. The Morgan fingerprint density at radius 3 is 2.08 bits per heavy atom. The smallest absolute Gasteiger partial charge is 0.256 e. The van der Waals surface area contributed by atoms with E-state index in [9.17, 15) is 8.78 Å². The van der Waals surface area contributed by atoms with Crippen molar-refractivity contribution < 1.29 is 8.78 Å². The quantitative estimate of drug-likeness (QED) is 0.707. The summed E-state index contributed by atoms with van der Waals surface area (Å²) >= 11 is 0. The zero-order valence-corrected chi connectivity index (χ0v) is 8.82. The van der Waals surface area contributed by atoms with E-state index in [-0.39, 0.29) is 11.3 Å². The Bertz CT molecular complexity index is 191. The van der Waals surface area contributed by atoms with Gasteiger partial charge in [0.15, 0.2) is 0 Å². The Morgan fingerprint density at radius 2 is 1.92 bits per heavy atom. The van der Waals surface area contributed by atoms with Gasteiger partial charge >= 0.3 is 0 Å². The fourth-order valence-electron chi connectivity index (χ4n) is 2.79. The Kier molecular flexibility index (Phi) is 2.68. The Morgan fingerprint density at radius 1 is 1.38 bits per heavy atom. The molecule has 0 aromatic carbocycles. The lowest BCUT2D eigenvalue weighted by Crippen LogP contribution is -2.52. The van der Waals surface area contributed by atoms with Crippen LogP contribution in [0.25, 0.3) is 0 Å². The van der Waals surface area contributed by atoms with Gasteiger partial charge < -0.3 is 5.32 Å². The highest BCUT2D eigenvalue weighted by molar-refractivity contribution is 5.05. The molecule has 0 radical (unpaired) electrons. The van der Waals surface area contributed by atoms with Crippen LogP contribution in [0.3, 0.4) is 0 Å². The zero-order valence-electron chi connectivity index (χ0n) is 8.82. The van der Waals surface area contributed by atoms with Crippen LogP contribution >= 0.6 is 0 Å². The van der Waals surface area contributed by atoms with Gasteiger partial charge in [-0.25, -0.2) is 8.78 Å². The van der Waals surface area contributed by atoms with Gasteiger partial charge in [-0.15, -0.1) is 0 Å². The molecule has 0 aromatic heterocycles. The summed E-state index contributed by atoms with van der Waals surface area (Å²) in [7, 11) is 1.64. The molecule has 0 aromatic rings. The van der Waals surface area contributed by atoms with E-state index in [0.717, 1.165) is 6.42 Å². The molecule has 2 atom stereocenters. The third kappa shape index (κ3) is 1.71. The van der Waals surface area contributed by atoms with E-state index in [1.54, 1.807) is 7.05 Å². The molecule has 0 heterocycles. The summed E-state index contributed by atoms with van der Waals surface area (Å²) in [4.78, 5) is 0. The molecule has 78 valence electrons. The van der Waals surface area contributed by atoms with Crippen LogP contribution in [0.4, 0.5) is 8.78 Å². The van der Waals surface area contributed by atoms with E-state index in [2.05, 4.69) is 19.2 Å². The maximum Gasteiger partial charge on any atom is 0.256 e. The van der Waals surface area contributed by atoms with E-state index in [4.69, 9.17) is 0 Å². The second kappa shape index (κ2) is 3.19. The first-order valence-electron chi connectivity index (χ1n) is 4.81. The highest BCUT2D eigenvalue weighted by Crippen LogP contribution is 2.49. The maximum atomic E-state index is 12.9. The summed E-state index contributed by atoms with van der Waals surface area (Å²) < 4.78 is 25.9. The molecule has 1 N–H and O–H groups in total. The van der Waals surface area contributed by atoms with Gasteiger partial charge in [-0.2, -0.15) is 0 Å². The summed E-state index contributed by atoms with van der Waals surface area (Å²) in [5, 5.41) is 2.83. The van der Waals surface area contributed by atoms with Crippen LogP contribution in [0.15, 0.2) is 0 Å². The van der Waals surface area contributed by atoms with Crippen LogP contribution in [-0.4, -0.2) is 19.0 Å². The van der Waals surface area contributed by atoms with Gasteiger partial charge in [-0.05, 0) is 31.2 Å². The second-order valence-electron chi connectivity index (χ2n) is 5.04. The molecule has 0 aliphatic heterocycles. The first kappa shape index (κ1) is 10.9. The lowest BCUT2D eigenvalue weighted by atomic mass is 9.87. The molecule has 3 heteroatoms. The lowest BCUT2D eigenvalue weighted by Gasteiger charge is -2.33. The molecule has 0 bridgehead atoms. The van der Waals surface area contributed by atoms with Gasteiger partial charge in [0.2, 0.25) is 0 Å². The largest absolute Gasteiger partial charge is 0.309 e. The van der Waals surface area contributed by atoms with Gasteiger partial charge in [0.05, 0.1) is 5.54 Å². The second-order valence-corrected chi connectivity index (χ2v) is 5.04. The molecule has 0 saturated heterocycles. The highest BCUT2D eigenvalue weighted by Gasteiger charge is 2.53. The van der Waals surface area contributed by atoms with E-state index >= 15 is 0 Å². The molecule has 2 unspecified atom stereocenters. The van der Waals surface area contributed by atoms with Crippen molar-refractivity contribution in [2.75, 3.05) is 7.05 Å². The van der Waals surface area contributed by atoms with Crippen molar-refractivity contribution in [2.24, 2.45) is 11.3 Å². The Balaban J connectivity index is 2.89. The normalized spacial score (nSPS) is 38.5. The third-order valence-corrected chi connectivity index (χ3v) is 3.36. The van der Waals surface area contributed by atoms with E-state index < -0.39 is 12.0 Å².